The summed E-state index contributed by atoms with van der Waals surface area (Å²) in [6.07, 6.45) is 10.6. The summed E-state index contributed by atoms with van der Waals surface area (Å²) in [6.45, 7) is 0. The molecular weight excluding hydrogens is 234 g/mol. The summed E-state index contributed by atoms with van der Waals surface area (Å²) in [6, 6.07) is 0.650. The molecule has 0 bridgehead atoms. The summed E-state index contributed by atoms with van der Waals surface area (Å²) in [5.41, 5.74) is 0. The van der Waals surface area contributed by atoms with Gasteiger partial charge in [-0.05, 0) is 25.2 Å². The Morgan fingerprint density at radius 3 is 2.41 bits per heavy atom. The van der Waals surface area contributed by atoms with Crippen molar-refractivity contribution in [2.24, 2.45) is 5.92 Å². The number of alkyl halides is 1. The van der Waals surface area contributed by atoms with E-state index >= 15 is 0 Å². The summed E-state index contributed by atoms with van der Waals surface area (Å²) in [4.78, 5) is 0. The topological polar surface area (TPSA) is 30.7 Å². The average Bonchev–Trinajstić information content (AvgIpc) is 2.92. The molecule has 0 aromatic carbocycles. The van der Waals surface area contributed by atoms with Gasteiger partial charge >= 0.3 is 0 Å². The van der Waals surface area contributed by atoms with Crippen LogP contribution in [0.25, 0.3) is 0 Å². The Bertz CT molecular complexity index is 378. The van der Waals surface area contributed by atoms with Crippen LogP contribution in [0, 0.1) is 5.92 Å². The number of hydrogen-bond acceptors (Lipinski definition) is 2. The van der Waals surface area contributed by atoms with Crippen molar-refractivity contribution in [1.82, 2.24) is 14.8 Å². The van der Waals surface area contributed by atoms with Gasteiger partial charge in [-0.25, -0.2) is 0 Å². The third kappa shape index (κ3) is 2.49. The van der Waals surface area contributed by atoms with Gasteiger partial charge in [0.1, 0.15) is 11.6 Å². The van der Waals surface area contributed by atoms with Crippen LogP contribution in [0.3, 0.4) is 0 Å². The number of aromatic nitrogens is 3. The van der Waals surface area contributed by atoms with Crippen LogP contribution in [0.15, 0.2) is 0 Å². The molecule has 2 saturated carbocycles. The molecule has 2 aliphatic rings. The van der Waals surface area contributed by atoms with Gasteiger partial charge in [0.05, 0.1) is 5.88 Å². The molecule has 3 rings (SSSR count). The van der Waals surface area contributed by atoms with Crippen molar-refractivity contribution in [3.05, 3.63) is 11.6 Å². The molecular formula is C13H20ClN3. The first-order chi connectivity index (χ1) is 8.38. The lowest BCUT2D eigenvalue weighted by Crippen LogP contribution is -2.07. The molecule has 0 N–H and O–H groups in total. The zero-order valence-electron chi connectivity index (χ0n) is 10.2. The molecule has 0 saturated heterocycles. The van der Waals surface area contributed by atoms with E-state index in [1.165, 1.54) is 50.8 Å². The molecule has 1 aromatic rings. The number of aryl methyl sites for hydroxylation is 1. The van der Waals surface area contributed by atoms with E-state index in [2.05, 4.69) is 14.8 Å². The molecule has 17 heavy (non-hydrogen) atoms. The SMILES string of the molecule is ClCc1nnc(CCC2CCCC2)n1C1CC1. The Kier molecular flexibility index (Phi) is 3.37. The van der Waals surface area contributed by atoms with E-state index in [9.17, 15) is 0 Å². The van der Waals surface area contributed by atoms with E-state index < -0.39 is 0 Å². The second-order valence-electron chi connectivity index (χ2n) is 5.46. The molecule has 94 valence electrons. The molecule has 0 spiro atoms. The fourth-order valence-corrected chi connectivity index (χ4v) is 3.19. The van der Waals surface area contributed by atoms with Gasteiger partial charge < -0.3 is 4.57 Å². The molecule has 1 aromatic heterocycles. The number of hydrogen-bond donors (Lipinski definition) is 0. The van der Waals surface area contributed by atoms with E-state index in [4.69, 9.17) is 11.6 Å². The minimum Gasteiger partial charge on any atom is -0.311 e. The minimum atomic E-state index is 0.493. The highest BCUT2D eigenvalue weighted by atomic mass is 35.5. The Morgan fingerprint density at radius 2 is 1.76 bits per heavy atom. The van der Waals surface area contributed by atoms with E-state index in [0.29, 0.717) is 11.9 Å². The van der Waals surface area contributed by atoms with Crippen LogP contribution in [0.5, 0.6) is 0 Å². The molecule has 0 aliphatic heterocycles. The van der Waals surface area contributed by atoms with Crippen LogP contribution >= 0.6 is 11.6 Å². The molecule has 0 amide bonds. The monoisotopic (exact) mass is 253 g/mol. The van der Waals surface area contributed by atoms with Crippen molar-refractivity contribution in [2.45, 2.75) is 63.3 Å². The summed E-state index contributed by atoms with van der Waals surface area (Å²) in [7, 11) is 0. The predicted octanol–water partition coefficient (Wildman–Crippen LogP) is 3.47. The highest BCUT2D eigenvalue weighted by molar-refractivity contribution is 6.16. The van der Waals surface area contributed by atoms with Crippen LogP contribution in [-0.4, -0.2) is 14.8 Å². The summed E-state index contributed by atoms with van der Waals surface area (Å²) >= 11 is 5.92. The smallest absolute Gasteiger partial charge is 0.148 e. The van der Waals surface area contributed by atoms with Gasteiger partial charge in [0.2, 0.25) is 0 Å². The van der Waals surface area contributed by atoms with Crippen molar-refractivity contribution in [2.75, 3.05) is 0 Å². The van der Waals surface area contributed by atoms with Crippen molar-refractivity contribution in [3.63, 3.8) is 0 Å². The average molecular weight is 254 g/mol. The second-order valence-corrected chi connectivity index (χ2v) is 5.72. The normalized spacial score (nSPS) is 21.2. The van der Waals surface area contributed by atoms with Gasteiger partial charge in [0.25, 0.3) is 0 Å². The lowest BCUT2D eigenvalue weighted by molar-refractivity contribution is 0.487. The standard InChI is InChI=1S/C13H20ClN3/c14-9-13-16-15-12(17(13)11-6-7-11)8-5-10-3-1-2-4-10/h10-11H,1-9H2. The summed E-state index contributed by atoms with van der Waals surface area (Å²) in [5.74, 6) is 3.57. The summed E-state index contributed by atoms with van der Waals surface area (Å²) in [5, 5.41) is 8.56. The maximum Gasteiger partial charge on any atom is 0.148 e. The van der Waals surface area contributed by atoms with E-state index in [1.54, 1.807) is 0 Å². The molecule has 3 nitrogen and oxygen atoms in total. The third-order valence-corrected chi connectivity index (χ3v) is 4.36. The summed E-state index contributed by atoms with van der Waals surface area (Å²) < 4.78 is 2.31. The largest absolute Gasteiger partial charge is 0.311 e. The zero-order valence-corrected chi connectivity index (χ0v) is 11.0. The van der Waals surface area contributed by atoms with Gasteiger partial charge in [-0.15, -0.1) is 21.8 Å². The van der Waals surface area contributed by atoms with Crippen LogP contribution in [-0.2, 0) is 12.3 Å². The predicted molar refractivity (Wildman–Crippen MR) is 68.1 cm³/mol. The fourth-order valence-electron chi connectivity index (χ4n) is 3.01. The molecule has 0 radical (unpaired) electrons. The van der Waals surface area contributed by atoms with Gasteiger partial charge in [0.15, 0.2) is 0 Å². The molecule has 0 unspecified atom stereocenters. The Labute approximate surface area is 108 Å². The molecule has 0 atom stereocenters. The zero-order chi connectivity index (χ0) is 11.7. The van der Waals surface area contributed by atoms with Crippen molar-refractivity contribution >= 4 is 11.6 Å². The maximum absolute atomic E-state index is 5.92. The van der Waals surface area contributed by atoms with E-state index in [-0.39, 0.29) is 0 Å². The van der Waals surface area contributed by atoms with Crippen LogP contribution in [0.2, 0.25) is 0 Å². The quantitative estimate of drug-likeness (QED) is 0.753. The van der Waals surface area contributed by atoms with Crippen LogP contribution < -0.4 is 0 Å². The fraction of sp³-hybridized carbons (Fsp3) is 0.846. The molecule has 4 heteroatoms. The van der Waals surface area contributed by atoms with E-state index in [1.807, 2.05) is 0 Å². The van der Waals surface area contributed by atoms with Gasteiger partial charge in [-0.3, -0.25) is 0 Å². The van der Waals surface area contributed by atoms with E-state index in [0.717, 1.165) is 18.2 Å². The third-order valence-electron chi connectivity index (χ3n) is 4.12. The van der Waals surface area contributed by atoms with Gasteiger partial charge in [0, 0.05) is 12.5 Å². The van der Waals surface area contributed by atoms with Crippen molar-refractivity contribution < 1.29 is 0 Å². The van der Waals surface area contributed by atoms with Crippen LogP contribution in [0.4, 0.5) is 0 Å². The van der Waals surface area contributed by atoms with Crippen LogP contribution in [0.1, 0.15) is 62.6 Å². The first-order valence-corrected chi connectivity index (χ1v) is 7.40. The highest BCUT2D eigenvalue weighted by Crippen LogP contribution is 2.37. The minimum absolute atomic E-state index is 0.493. The highest BCUT2D eigenvalue weighted by Gasteiger charge is 2.29. The Balaban J connectivity index is 1.66. The lowest BCUT2D eigenvalue weighted by atomic mass is 10.0. The Morgan fingerprint density at radius 1 is 1.06 bits per heavy atom. The maximum atomic E-state index is 5.92. The number of halogens is 1. The van der Waals surface area contributed by atoms with Crippen molar-refractivity contribution in [3.8, 4) is 0 Å². The van der Waals surface area contributed by atoms with Gasteiger partial charge in [-0.1, -0.05) is 25.7 Å². The lowest BCUT2D eigenvalue weighted by Gasteiger charge is -2.10. The Hall–Kier alpha value is -0.570. The second kappa shape index (κ2) is 4.97. The molecule has 2 fully saturated rings. The van der Waals surface area contributed by atoms with Gasteiger partial charge in [-0.2, -0.15) is 0 Å². The number of rotatable bonds is 5. The van der Waals surface area contributed by atoms with Crippen molar-refractivity contribution in [1.29, 1.82) is 0 Å². The first-order valence-electron chi connectivity index (χ1n) is 6.87. The molecule has 1 heterocycles. The number of nitrogens with zero attached hydrogens (tertiary/aromatic N) is 3. The first kappa shape index (κ1) is 11.5. The molecule has 2 aliphatic carbocycles.